The summed E-state index contributed by atoms with van der Waals surface area (Å²) in [6, 6.07) is 13.3. The normalized spacial score (nSPS) is 12.4. The molecule has 1 N–H and O–H groups in total. The molecule has 0 spiro atoms. The molecule has 3 rings (SSSR count). The van der Waals surface area contributed by atoms with Crippen molar-refractivity contribution in [1.82, 2.24) is 0 Å². The van der Waals surface area contributed by atoms with Crippen molar-refractivity contribution < 1.29 is 23.7 Å². The van der Waals surface area contributed by atoms with Crippen molar-refractivity contribution in [2.75, 3.05) is 32.2 Å². The second kappa shape index (κ2) is 7.59. The number of nitrogens with one attached hydrogen (secondary N) is 1. The van der Waals surface area contributed by atoms with Crippen molar-refractivity contribution in [2.45, 2.75) is 6.54 Å². The molecule has 0 saturated carbocycles. The second-order valence-corrected chi connectivity index (χ2v) is 5.22. The first kappa shape index (κ1) is 16.0. The van der Waals surface area contributed by atoms with Crippen molar-refractivity contribution >= 4 is 11.7 Å². The van der Waals surface area contributed by atoms with Crippen LogP contribution in [0.1, 0.15) is 5.56 Å². The minimum atomic E-state index is -0.403. The molecule has 24 heavy (non-hydrogen) atoms. The molecule has 126 valence electrons. The standard InChI is InChI=1S/C18H19NO5/c1-21-18(20)12-24-15-5-2-13(3-6-15)11-19-14-4-7-16-17(10-14)23-9-8-22-16/h2-7,10,19H,8-9,11-12H2,1H3. The molecule has 1 aliphatic rings. The zero-order valence-electron chi connectivity index (χ0n) is 13.4. The molecule has 6 nitrogen and oxygen atoms in total. The van der Waals surface area contributed by atoms with Gasteiger partial charge in [-0.2, -0.15) is 0 Å². The van der Waals surface area contributed by atoms with Gasteiger partial charge in [0.2, 0.25) is 0 Å². The SMILES string of the molecule is COC(=O)COc1ccc(CNc2ccc3c(c2)OCCO3)cc1. The number of hydrogen-bond donors (Lipinski definition) is 1. The van der Waals surface area contributed by atoms with E-state index in [1.807, 2.05) is 42.5 Å². The third-order valence-electron chi connectivity index (χ3n) is 3.55. The number of esters is 1. The van der Waals surface area contributed by atoms with E-state index in [4.69, 9.17) is 14.2 Å². The summed E-state index contributed by atoms with van der Waals surface area (Å²) in [7, 11) is 1.33. The van der Waals surface area contributed by atoms with E-state index in [0.717, 1.165) is 22.7 Å². The first-order chi connectivity index (χ1) is 11.7. The van der Waals surface area contributed by atoms with Crippen molar-refractivity contribution in [2.24, 2.45) is 0 Å². The van der Waals surface area contributed by atoms with E-state index >= 15 is 0 Å². The molecule has 6 heteroatoms. The summed E-state index contributed by atoms with van der Waals surface area (Å²) in [6.07, 6.45) is 0. The Bertz CT molecular complexity index is 699. The lowest BCUT2D eigenvalue weighted by Crippen LogP contribution is -2.15. The third kappa shape index (κ3) is 4.10. The number of carbonyl (C=O) groups is 1. The highest BCUT2D eigenvalue weighted by Gasteiger charge is 2.11. The number of benzene rings is 2. The Kier molecular flexibility index (Phi) is 5.05. The van der Waals surface area contributed by atoms with E-state index < -0.39 is 5.97 Å². The van der Waals surface area contributed by atoms with E-state index in [2.05, 4.69) is 10.1 Å². The molecule has 0 bridgehead atoms. The second-order valence-electron chi connectivity index (χ2n) is 5.22. The number of anilines is 1. The van der Waals surface area contributed by atoms with Gasteiger partial charge in [-0.1, -0.05) is 12.1 Å². The van der Waals surface area contributed by atoms with Crippen LogP contribution in [0.25, 0.3) is 0 Å². The van der Waals surface area contributed by atoms with Gasteiger partial charge in [-0.05, 0) is 29.8 Å². The van der Waals surface area contributed by atoms with E-state index in [1.54, 1.807) is 0 Å². The third-order valence-corrected chi connectivity index (χ3v) is 3.55. The molecule has 0 aliphatic carbocycles. The van der Waals surface area contributed by atoms with Crippen LogP contribution in [0.5, 0.6) is 17.2 Å². The van der Waals surface area contributed by atoms with Gasteiger partial charge in [0.05, 0.1) is 7.11 Å². The minimum Gasteiger partial charge on any atom is -0.486 e. The van der Waals surface area contributed by atoms with Crippen LogP contribution >= 0.6 is 0 Å². The molecule has 0 saturated heterocycles. The number of fused-ring (bicyclic) bond motifs is 1. The Labute approximate surface area is 140 Å². The Morgan fingerprint density at radius 1 is 1.08 bits per heavy atom. The summed E-state index contributed by atoms with van der Waals surface area (Å²) in [5.41, 5.74) is 2.06. The molecule has 0 radical (unpaired) electrons. The van der Waals surface area contributed by atoms with E-state index in [-0.39, 0.29) is 6.61 Å². The van der Waals surface area contributed by atoms with E-state index in [1.165, 1.54) is 7.11 Å². The maximum absolute atomic E-state index is 11.0. The summed E-state index contributed by atoms with van der Waals surface area (Å²) in [5, 5.41) is 3.34. The topological polar surface area (TPSA) is 66.0 Å². The minimum absolute atomic E-state index is 0.0920. The van der Waals surface area contributed by atoms with Gasteiger partial charge >= 0.3 is 5.97 Å². The highest BCUT2D eigenvalue weighted by atomic mass is 16.6. The average Bonchev–Trinajstić information content (AvgIpc) is 2.65. The molecular formula is C18H19NO5. The first-order valence-electron chi connectivity index (χ1n) is 7.66. The molecule has 2 aromatic carbocycles. The average molecular weight is 329 g/mol. The summed E-state index contributed by atoms with van der Waals surface area (Å²) >= 11 is 0. The van der Waals surface area contributed by atoms with Crippen LogP contribution in [-0.2, 0) is 16.1 Å². The lowest BCUT2D eigenvalue weighted by atomic mass is 10.2. The Morgan fingerprint density at radius 3 is 2.58 bits per heavy atom. The highest BCUT2D eigenvalue weighted by Crippen LogP contribution is 2.32. The summed E-state index contributed by atoms with van der Waals surface area (Å²) < 4.78 is 20.9. The number of carbonyl (C=O) groups excluding carboxylic acids is 1. The Hall–Kier alpha value is -2.89. The molecule has 0 unspecified atom stereocenters. The predicted molar refractivity (Wildman–Crippen MR) is 88.7 cm³/mol. The molecule has 1 aliphatic heterocycles. The fourth-order valence-electron chi connectivity index (χ4n) is 2.26. The van der Waals surface area contributed by atoms with Crippen LogP contribution in [0.2, 0.25) is 0 Å². The molecular weight excluding hydrogens is 310 g/mol. The van der Waals surface area contributed by atoms with Gasteiger partial charge in [0.1, 0.15) is 19.0 Å². The van der Waals surface area contributed by atoms with E-state index in [0.29, 0.717) is 25.5 Å². The zero-order chi connectivity index (χ0) is 16.8. The van der Waals surface area contributed by atoms with Crippen LogP contribution in [0.4, 0.5) is 5.69 Å². The summed E-state index contributed by atoms with van der Waals surface area (Å²) in [5.74, 6) is 1.76. The maximum atomic E-state index is 11.0. The lowest BCUT2D eigenvalue weighted by molar-refractivity contribution is -0.142. The number of ether oxygens (including phenoxy) is 4. The fourth-order valence-corrected chi connectivity index (χ4v) is 2.26. The van der Waals surface area contributed by atoms with Crippen LogP contribution < -0.4 is 19.5 Å². The van der Waals surface area contributed by atoms with Crippen molar-refractivity contribution in [3.63, 3.8) is 0 Å². The maximum Gasteiger partial charge on any atom is 0.343 e. The van der Waals surface area contributed by atoms with Crippen LogP contribution in [0, 0.1) is 0 Å². The van der Waals surface area contributed by atoms with Crippen molar-refractivity contribution in [3.8, 4) is 17.2 Å². The van der Waals surface area contributed by atoms with Gasteiger partial charge in [-0.15, -0.1) is 0 Å². The highest BCUT2D eigenvalue weighted by molar-refractivity contribution is 5.70. The number of rotatable bonds is 6. The summed E-state index contributed by atoms with van der Waals surface area (Å²) in [4.78, 5) is 11.0. The molecule has 0 fully saturated rings. The molecule has 1 heterocycles. The summed E-state index contributed by atoms with van der Waals surface area (Å²) in [6.45, 7) is 1.73. The van der Waals surface area contributed by atoms with Gasteiger partial charge in [-0.25, -0.2) is 4.79 Å². The zero-order valence-corrected chi connectivity index (χ0v) is 13.4. The lowest BCUT2D eigenvalue weighted by Gasteiger charge is -2.19. The van der Waals surface area contributed by atoms with Gasteiger partial charge in [-0.3, -0.25) is 0 Å². The predicted octanol–water partition coefficient (Wildman–Crippen LogP) is 2.62. The number of methoxy groups -OCH3 is 1. The molecule has 0 atom stereocenters. The van der Waals surface area contributed by atoms with Crippen LogP contribution in [-0.4, -0.2) is 32.9 Å². The first-order valence-corrected chi connectivity index (χ1v) is 7.66. The fraction of sp³-hybridized carbons (Fsp3) is 0.278. The van der Waals surface area contributed by atoms with Crippen molar-refractivity contribution in [1.29, 1.82) is 0 Å². The number of hydrogen-bond acceptors (Lipinski definition) is 6. The molecule has 0 aromatic heterocycles. The Morgan fingerprint density at radius 2 is 1.83 bits per heavy atom. The van der Waals surface area contributed by atoms with Gasteiger partial charge < -0.3 is 24.3 Å². The quantitative estimate of drug-likeness (QED) is 0.822. The van der Waals surface area contributed by atoms with Gasteiger partial charge in [0, 0.05) is 18.3 Å². The van der Waals surface area contributed by atoms with Crippen LogP contribution in [0.15, 0.2) is 42.5 Å². The van der Waals surface area contributed by atoms with Gasteiger partial charge in [0.15, 0.2) is 18.1 Å². The van der Waals surface area contributed by atoms with Crippen molar-refractivity contribution in [3.05, 3.63) is 48.0 Å². The van der Waals surface area contributed by atoms with E-state index in [9.17, 15) is 4.79 Å². The molecule has 0 amide bonds. The smallest absolute Gasteiger partial charge is 0.343 e. The monoisotopic (exact) mass is 329 g/mol. The largest absolute Gasteiger partial charge is 0.486 e. The van der Waals surface area contributed by atoms with Crippen LogP contribution in [0.3, 0.4) is 0 Å². The molecule has 2 aromatic rings. The Balaban J connectivity index is 1.54. The van der Waals surface area contributed by atoms with Gasteiger partial charge in [0.25, 0.3) is 0 Å².